The van der Waals surface area contributed by atoms with Crippen molar-refractivity contribution in [1.82, 2.24) is 9.97 Å². The van der Waals surface area contributed by atoms with Crippen LogP contribution in [0.3, 0.4) is 0 Å². The molecule has 0 aliphatic rings. The Labute approximate surface area is 83.0 Å². The lowest BCUT2D eigenvalue weighted by Gasteiger charge is -2.03. The molecule has 0 aromatic carbocycles. The van der Waals surface area contributed by atoms with Gasteiger partial charge in [0.1, 0.15) is 5.82 Å². The third-order valence-corrected chi connectivity index (χ3v) is 1.87. The standard InChI is InChI=1S/C10H14N2O2/c1-7(2)3-4-9-11-6-5-8(12-9)10(13)14/h5-7H,3-4H2,1-2H3,(H,13,14). The van der Waals surface area contributed by atoms with E-state index in [0.717, 1.165) is 12.8 Å². The zero-order valence-electron chi connectivity index (χ0n) is 8.40. The number of carboxylic acid groups (broad SMARTS) is 1. The van der Waals surface area contributed by atoms with E-state index >= 15 is 0 Å². The number of aromatic nitrogens is 2. The molecule has 0 unspecified atom stereocenters. The van der Waals surface area contributed by atoms with Gasteiger partial charge in [0.15, 0.2) is 5.69 Å². The fourth-order valence-electron chi connectivity index (χ4n) is 1.06. The van der Waals surface area contributed by atoms with E-state index in [9.17, 15) is 4.79 Å². The minimum atomic E-state index is -1.00. The van der Waals surface area contributed by atoms with Crippen molar-refractivity contribution in [3.63, 3.8) is 0 Å². The minimum Gasteiger partial charge on any atom is -0.477 e. The molecule has 1 rings (SSSR count). The first-order valence-electron chi connectivity index (χ1n) is 4.65. The Kier molecular flexibility index (Phi) is 3.56. The summed E-state index contributed by atoms with van der Waals surface area (Å²) in [6.45, 7) is 4.22. The van der Waals surface area contributed by atoms with E-state index in [-0.39, 0.29) is 5.69 Å². The maximum Gasteiger partial charge on any atom is 0.354 e. The Morgan fingerprint density at radius 2 is 2.29 bits per heavy atom. The van der Waals surface area contributed by atoms with Crippen LogP contribution in [0.4, 0.5) is 0 Å². The zero-order chi connectivity index (χ0) is 10.6. The molecule has 1 aromatic rings. The van der Waals surface area contributed by atoms with Crippen molar-refractivity contribution < 1.29 is 9.90 Å². The van der Waals surface area contributed by atoms with E-state index in [1.54, 1.807) is 0 Å². The van der Waals surface area contributed by atoms with Gasteiger partial charge in [-0.2, -0.15) is 0 Å². The van der Waals surface area contributed by atoms with Gasteiger partial charge in [-0.05, 0) is 18.4 Å². The summed E-state index contributed by atoms with van der Waals surface area (Å²) in [6.07, 6.45) is 3.20. The van der Waals surface area contributed by atoms with Crippen LogP contribution < -0.4 is 0 Å². The van der Waals surface area contributed by atoms with Crippen molar-refractivity contribution >= 4 is 5.97 Å². The molecule has 1 N–H and O–H groups in total. The van der Waals surface area contributed by atoms with Crippen LogP contribution in [-0.2, 0) is 6.42 Å². The number of aryl methyl sites for hydroxylation is 1. The van der Waals surface area contributed by atoms with Crippen LogP contribution in [0.5, 0.6) is 0 Å². The van der Waals surface area contributed by atoms with Crippen molar-refractivity contribution in [2.45, 2.75) is 26.7 Å². The molecular weight excluding hydrogens is 180 g/mol. The fraction of sp³-hybridized carbons (Fsp3) is 0.500. The first-order valence-corrected chi connectivity index (χ1v) is 4.65. The van der Waals surface area contributed by atoms with Crippen LogP contribution in [0.15, 0.2) is 12.3 Å². The van der Waals surface area contributed by atoms with Gasteiger partial charge >= 0.3 is 5.97 Å². The molecule has 1 aromatic heterocycles. The summed E-state index contributed by atoms with van der Waals surface area (Å²) in [6, 6.07) is 1.40. The largest absolute Gasteiger partial charge is 0.477 e. The number of carbonyl (C=O) groups is 1. The summed E-state index contributed by atoms with van der Waals surface area (Å²) in [7, 11) is 0. The van der Waals surface area contributed by atoms with Gasteiger partial charge in [0.25, 0.3) is 0 Å². The summed E-state index contributed by atoms with van der Waals surface area (Å²) < 4.78 is 0. The highest BCUT2D eigenvalue weighted by Gasteiger charge is 2.06. The molecule has 0 radical (unpaired) electrons. The predicted octanol–water partition coefficient (Wildman–Crippen LogP) is 1.76. The smallest absolute Gasteiger partial charge is 0.354 e. The van der Waals surface area contributed by atoms with Crippen molar-refractivity contribution in [2.24, 2.45) is 5.92 Å². The molecule has 4 heteroatoms. The van der Waals surface area contributed by atoms with Gasteiger partial charge in [-0.1, -0.05) is 13.8 Å². The second-order valence-corrected chi connectivity index (χ2v) is 3.60. The Bertz CT molecular complexity index is 324. The highest BCUT2D eigenvalue weighted by atomic mass is 16.4. The minimum absolute atomic E-state index is 0.0683. The summed E-state index contributed by atoms with van der Waals surface area (Å²) in [5, 5.41) is 8.70. The highest BCUT2D eigenvalue weighted by molar-refractivity contribution is 5.85. The third kappa shape index (κ3) is 3.12. The number of hydrogen-bond donors (Lipinski definition) is 1. The second kappa shape index (κ2) is 4.69. The Hall–Kier alpha value is -1.45. The van der Waals surface area contributed by atoms with Crippen molar-refractivity contribution in [1.29, 1.82) is 0 Å². The molecule has 14 heavy (non-hydrogen) atoms. The van der Waals surface area contributed by atoms with Crippen molar-refractivity contribution in [3.8, 4) is 0 Å². The SMILES string of the molecule is CC(C)CCc1nccc(C(=O)O)n1. The first-order chi connectivity index (χ1) is 6.59. The van der Waals surface area contributed by atoms with Gasteiger partial charge in [-0.25, -0.2) is 14.8 Å². The summed E-state index contributed by atoms with van der Waals surface area (Å²) in [5.74, 6) is 0.184. The van der Waals surface area contributed by atoms with E-state index in [0.29, 0.717) is 11.7 Å². The molecule has 76 valence electrons. The van der Waals surface area contributed by atoms with E-state index in [4.69, 9.17) is 5.11 Å². The predicted molar refractivity (Wildman–Crippen MR) is 52.2 cm³/mol. The average Bonchev–Trinajstić information content (AvgIpc) is 2.15. The Morgan fingerprint density at radius 3 is 2.86 bits per heavy atom. The first kappa shape index (κ1) is 10.6. The number of carboxylic acids is 1. The molecule has 0 amide bonds. The topological polar surface area (TPSA) is 63.1 Å². The van der Waals surface area contributed by atoms with Crippen LogP contribution in [0, 0.1) is 5.92 Å². The van der Waals surface area contributed by atoms with Crippen LogP contribution in [-0.4, -0.2) is 21.0 Å². The van der Waals surface area contributed by atoms with Crippen LogP contribution in [0.2, 0.25) is 0 Å². The van der Waals surface area contributed by atoms with Gasteiger partial charge in [0.2, 0.25) is 0 Å². The monoisotopic (exact) mass is 194 g/mol. The Balaban J connectivity index is 2.69. The highest BCUT2D eigenvalue weighted by Crippen LogP contribution is 2.05. The molecule has 0 atom stereocenters. The third-order valence-electron chi connectivity index (χ3n) is 1.87. The van der Waals surface area contributed by atoms with E-state index in [1.165, 1.54) is 12.3 Å². The molecular formula is C10H14N2O2. The second-order valence-electron chi connectivity index (χ2n) is 3.60. The molecule has 0 saturated heterocycles. The molecule has 4 nitrogen and oxygen atoms in total. The van der Waals surface area contributed by atoms with Gasteiger partial charge in [-0.15, -0.1) is 0 Å². The van der Waals surface area contributed by atoms with Crippen LogP contribution in [0.25, 0.3) is 0 Å². The fourth-order valence-corrected chi connectivity index (χ4v) is 1.06. The summed E-state index contributed by atoms with van der Waals surface area (Å²) >= 11 is 0. The van der Waals surface area contributed by atoms with E-state index in [2.05, 4.69) is 23.8 Å². The normalized spacial score (nSPS) is 10.5. The maximum absolute atomic E-state index is 10.6. The van der Waals surface area contributed by atoms with E-state index in [1.807, 2.05) is 0 Å². The van der Waals surface area contributed by atoms with Gasteiger partial charge < -0.3 is 5.11 Å². The number of aromatic carboxylic acids is 1. The lowest BCUT2D eigenvalue weighted by molar-refractivity contribution is 0.0690. The van der Waals surface area contributed by atoms with Crippen molar-refractivity contribution in [2.75, 3.05) is 0 Å². The molecule has 0 aliphatic carbocycles. The van der Waals surface area contributed by atoms with Gasteiger partial charge in [-0.3, -0.25) is 0 Å². The summed E-state index contributed by atoms with van der Waals surface area (Å²) in [5.41, 5.74) is 0.0683. The molecule has 0 spiro atoms. The zero-order valence-corrected chi connectivity index (χ0v) is 8.40. The molecule has 0 fully saturated rings. The van der Waals surface area contributed by atoms with Crippen LogP contribution >= 0.6 is 0 Å². The lowest BCUT2D eigenvalue weighted by atomic mass is 10.1. The number of nitrogens with zero attached hydrogens (tertiary/aromatic N) is 2. The quantitative estimate of drug-likeness (QED) is 0.793. The number of hydrogen-bond acceptors (Lipinski definition) is 3. The maximum atomic E-state index is 10.6. The molecule has 0 saturated carbocycles. The Morgan fingerprint density at radius 1 is 1.57 bits per heavy atom. The van der Waals surface area contributed by atoms with E-state index < -0.39 is 5.97 Å². The molecule has 1 heterocycles. The lowest BCUT2D eigenvalue weighted by Crippen LogP contribution is -2.05. The average molecular weight is 194 g/mol. The van der Waals surface area contributed by atoms with Gasteiger partial charge in [0, 0.05) is 12.6 Å². The molecule has 0 bridgehead atoms. The summed E-state index contributed by atoms with van der Waals surface area (Å²) in [4.78, 5) is 18.6. The molecule has 0 aliphatic heterocycles. The van der Waals surface area contributed by atoms with Crippen molar-refractivity contribution in [3.05, 3.63) is 23.8 Å². The van der Waals surface area contributed by atoms with Gasteiger partial charge in [0.05, 0.1) is 0 Å². The van der Waals surface area contributed by atoms with Crippen LogP contribution in [0.1, 0.15) is 36.6 Å². The number of rotatable bonds is 4.